The molecule has 3 rings (SSSR count). The maximum Gasteiger partial charge on any atom is 0.186 e. The molecule has 0 unspecified atom stereocenters. The van der Waals surface area contributed by atoms with Crippen LogP contribution >= 0.6 is 15.9 Å². The molecule has 0 aliphatic carbocycles. The molecular weight excluding hydrogens is 384 g/mol. The first kappa shape index (κ1) is 17.0. The van der Waals surface area contributed by atoms with Crippen molar-refractivity contribution in [3.63, 3.8) is 0 Å². The summed E-state index contributed by atoms with van der Waals surface area (Å²) in [7, 11) is 1.44. The Morgan fingerprint density at radius 3 is 2.60 bits per heavy atom. The summed E-state index contributed by atoms with van der Waals surface area (Å²) in [5, 5.41) is 9.58. The van der Waals surface area contributed by atoms with Crippen LogP contribution in [-0.2, 0) is 0 Å². The van der Waals surface area contributed by atoms with Crippen molar-refractivity contribution in [3.8, 4) is 22.8 Å². The van der Waals surface area contributed by atoms with Crippen LogP contribution < -0.4 is 4.74 Å². The van der Waals surface area contributed by atoms with E-state index in [2.05, 4.69) is 15.9 Å². The molecule has 0 bridgehead atoms. The number of halogens is 1. The van der Waals surface area contributed by atoms with E-state index in [4.69, 9.17) is 9.15 Å². The number of hydrogen-bond donors (Lipinski definition) is 1. The Morgan fingerprint density at radius 1 is 1.12 bits per heavy atom. The fraction of sp³-hybridized carbons (Fsp3) is 0.0500. The van der Waals surface area contributed by atoms with E-state index in [1.807, 2.05) is 30.3 Å². The van der Waals surface area contributed by atoms with Gasteiger partial charge in [-0.05, 0) is 54.6 Å². The van der Waals surface area contributed by atoms with Gasteiger partial charge in [-0.25, -0.2) is 0 Å². The number of hydrogen-bond acceptors (Lipinski definition) is 4. The van der Waals surface area contributed by atoms with E-state index in [1.54, 1.807) is 18.2 Å². The standard InChI is InChI=1S/C20H15BrO4/c1-24-20-12-14(4-9-18(20)23)17(22)10-7-16-8-11-19(25-16)13-2-5-15(21)6-3-13/h2-12,23H,1H3/b10-7+. The predicted octanol–water partition coefficient (Wildman–Crippen LogP) is 5.32. The Morgan fingerprint density at radius 2 is 1.88 bits per heavy atom. The SMILES string of the molecule is COc1cc(C(=O)/C=C/c2ccc(-c3ccc(Br)cc3)o2)ccc1O. The molecule has 0 aliphatic heterocycles. The first-order valence-corrected chi connectivity index (χ1v) is 8.31. The largest absolute Gasteiger partial charge is 0.504 e. The molecule has 3 aromatic rings. The average Bonchev–Trinajstić information content (AvgIpc) is 3.09. The van der Waals surface area contributed by atoms with Crippen LogP contribution in [0.4, 0.5) is 0 Å². The van der Waals surface area contributed by atoms with Crippen molar-refractivity contribution in [1.29, 1.82) is 0 Å². The lowest BCUT2D eigenvalue weighted by molar-refractivity contribution is 0.104. The van der Waals surface area contributed by atoms with Crippen LogP contribution in [0.5, 0.6) is 11.5 Å². The van der Waals surface area contributed by atoms with Crippen LogP contribution in [0.3, 0.4) is 0 Å². The maximum absolute atomic E-state index is 12.2. The van der Waals surface area contributed by atoms with E-state index in [-0.39, 0.29) is 17.3 Å². The van der Waals surface area contributed by atoms with Gasteiger partial charge in [0.1, 0.15) is 11.5 Å². The Kier molecular flexibility index (Phi) is 5.05. The van der Waals surface area contributed by atoms with Crippen molar-refractivity contribution < 1.29 is 19.1 Å². The number of ketones is 1. The minimum absolute atomic E-state index is 0.00629. The predicted molar refractivity (Wildman–Crippen MR) is 99.9 cm³/mol. The van der Waals surface area contributed by atoms with Gasteiger partial charge in [0, 0.05) is 15.6 Å². The molecule has 126 valence electrons. The molecule has 0 spiro atoms. The van der Waals surface area contributed by atoms with Crippen LogP contribution in [0.2, 0.25) is 0 Å². The van der Waals surface area contributed by atoms with Gasteiger partial charge in [-0.2, -0.15) is 0 Å². The van der Waals surface area contributed by atoms with E-state index in [0.717, 1.165) is 15.8 Å². The zero-order valence-electron chi connectivity index (χ0n) is 13.4. The Bertz CT molecular complexity index is 923. The lowest BCUT2D eigenvalue weighted by Gasteiger charge is -2.04. The van der Waals surface area contributed by atoms with Crippen molar-refractivity contribution in [2.45, 2.75) is 0 Å². The molecule has 0 aliphatic rings. The molecule has 0 saturated carbocycles. The van der Waals surface area contributed by atoms with Crippen molar-refractivity contribution in [2.24, 2.45) is 0 Å². The third-order valence-electron chi connectivity index (χ3n) is 3.62. The summed E-state index contributed by atoms with van der Waals surface area (Å²) in [6.45, 7) is 0. The first-order valence-electron chi connectivity index (χ1n) is 7.52. The summed E-state index contributed by atoms with van der Waals surface area (Å²) in [6.07, 6.45) is 3.04. The quantitative estimate of drug-likeness (QED) is 0.466. The molecule has 0 atom stereocenters. The number of benzene rings is 2. The monoisotopic (exact) mass is 398 g/mol. The highest BCUT2D eigenvalue weighted by molar-refractivity contribution is 9.10. The average molecular weight is 399 g/mol. The highest BCUT2D eigenvalue weighted by Crippen LogP contribution is 2.27. The van der Waals surface area contributed by atoms with Gasteiger partial charge >= 0.3 is 0 Å². The third kappa shape index (κ3) is 4.00. The summed E-state index contributed by atoms with van der Waals surface area (Å²) >= 11 is 3.40. The van der Waals surface area contributed by atoms with E-state index in [0.29, 0.717) is 11.3 Å². The fourth-order valence-corrected chi connectivity index (χ4v) is 2.56. The van der Waals surface area contributed by atoms with Gasteiger partial charge in [-0.15, -0.1) is 0 Å². The minimum atomic E-state index is -0.208. The van der Waals surface area contributed by atoms with Crippen LogP contribution in [0, 0.1) is 0 Å². The van der Waals surface area contributed by atoms with E-state index in [9.17, 15) is 9.90 Å². The van der Waals surface area contributed by atoms with Crippen molar-refractivity contribution >= 4 is 27.8 Å². The molecule has 25 heavy (non-hydrogen) atoms. The molecule has 4 nitrogen and oxygen atoms in total. The van der Waals surface area contributed by atoms with E-state index in [1.165, 1.54) is 25.3 Å². The van der Waals surface area contributed by atoms with Crippen molar-refractivity contribution in [2.75, 3.05) is 7.11 Å². The summed E-state index contributed by atoms with van der Waals surface area (Å²) < 4.78 is 11.7. The van der Waals surface area contributed by atoms with Crippen LogP contribution in [0.25, 0.3) is 17.4 Å². The van der Waals surface area contributed by atoms with Gasteiger partial charge in [0.2, 0.25) is 0 Å². The number of carbonyl (C=O) groups excluding carboxylic acids is 1. The van der Waals surface area contributed by atoms with Crippen molar-refractivity contribution in [3.05, 3.63) is 76.5 Å². The van der Waals surface area contributed by atoms with Gasteiger partial charge in [0.15, 0.2) is 17.3 Å². The van der Waals surface area contributed by atoms with Gasteiger partial charge in [0.05, 0.1) is 7.11 Å². The highest BCUT2D eigenvalue weighted by Gasteiger charge is 2.08. The van der Waals surface area contributed by atoms with Gasteiger partial charge in [0.25, 0.3) is 0 Å². The van der Waals surface area contributed by atoms with Gasteiger partial charge in [-0.3, -0.25) is 4.79 Å². The number of aromatic hydroxyl groups is 1. The summed E-state index contributed by atoms with van der Waals surface area (Å²) in [6, 6.07) is 15.9. The summed E-state index contributed by atoms with van der Waals surface area (Å²) in [4.78, 5) is 12.2. The molecule has 1 N–H and O–H groups in total. The second kappa shape index (κ2) is 7.40. The molecule has 0 fully saturated rings. The van der Waals surface area contributed by atoms with E-state index < -0.39 is 0 Å². The molecule has 0 amide bonds. The molecular formula is C20H15BrO4. The third-order valence-corrected chi connectivity index (χ3v) is 4.15. The number of rotatable bonds is 5. The second-order valence-corrected chi connectivity index (χ2v) is 6.21. The highest BCUT2D eigenvalue weighted by atomic mass is 79.9. The molecule has 1 aromatic heterocycles. The molecule has 2 aromatic carbocycles. The number of phenolic OH excluding ortho intramolecular Hbond substituents is 1. The lowest BCUT2D eigenvalue weighted by Crippen LogP contribution is -1.95. The maximum atomic E-state index is 12.2. The molecule has 0 radical (unpaired) electrons. The zero-order chi connectivity index (χ0) is 17.8. The topological polar surface area (TPSA) is 59.7 Å². The molecule has 0 saturated heterocycles. The number of methoxy groups -OCH3 is 1. The minimum Gasteiger partial charge on any atom is -0.504 e. The van der Waals surface area contributed by atoms with Gasteiger partial charge in [-0.1, -0.05) is 28.1 Å². The fourth-order valence-electron chi connectivity index (χ4n) is 2.30. The van der Waals surface area contributed by atoms with Crippen LogP contribution in [0.1, 0.15) is 16.1 Å². The number of phenols is 1. The Hall–Kier alpha value is -2.79. The molecule has 5 heteroatoms. The van der Waals surface area contributed by atoms with Gasteiger partial charge < -0.3 is 14.3 Å². The normalized spacial score (nSPS) is 11.0. The number of furan rings is 1. The van der Waals surface area contributed by atoms with Crippen molar-refractivity contribution in [1.82, 2.24) is 0 Å². The number of carbonyl (C=O) groups is 1. The first-order chi connectivity index (χ1) is 12.1. The Labute approximate surface area is 153 Å². The number of ether oxygens (including phenoxy) is 1. The van der Waals surface area contributed by atoms with Crippen LogP contribution in [0.15, 0.2) is 69.6 Å². The smallest absolute Gasteiger partial charge is 0.186 e. The Balaban J connectivity index is 1.76. The lowest BCUT2D eigenvalue weighted by atomic mass is 10.1. The van der Waals surface area contributed by atoms with Crippen LogP contribution in [-0.4, -0.2) is 18.0 Å². The summed E-state index contributed by atoms with van der Waals surface area (Å²) in [5.74, 6) is 1.35. The zero-order valence-corrected chi connectivity index (χ0v) is 15.0. The van der Waals surface area contributed by atoms with E-state index >= 15 is 0 Å². The number of allylic oxidation sites excluding steroid dienone is 1. The second-order valence-electron chi connectivity index (χ2n) is 5.29. The summed E-state index contributed by atoms with van der Waals surface area (Å²) in [5.41, 5.74) is 1.38. The molecule has 1 heterocycles.